The molecule has 0 spiro atoms. The Morgan fingerprint density at radius 1 is 1.08 bits per heavy atom. The quantitative estimate of drug-likeness (QED) is 0.291. The van der Waals surface area contributed by atoms with Gasteiger partial charge in [-0.2, -0.15) is 23.1 Å². The molecule has 5 heterocycles. The van der Waals surface area contributed by atoms with E-state index in [1.165, 1.54) is 0 Å². The van der Waals surface area contributed by atoms with E-state index >= 15 is 0 Å². The molecule has 0 N–H and O–H groups in total. The predicted molar refractivity (Wildman–Crippen MR) is 115 cm³/mol. The van der Waals surface area contributed by atoms with E-state index in [9.17, 15) is 26.3 Å². The maximum atomic E-state index is 14.7. The van der Waals surface area contributed by atoms with E-state index in [0.717, 1.165) is 29.7 Å². The number of rotatable bonds is 3. The fourth-order valence-corrected chi connectivity index (χ4v) is 6.73. The van der Waals surface area contributed by atoms with Crippen LogP contribution < -0.4 is 9.80 Å². The highest BCUT2D eigenvalue weighted by molar-refractivity contribution is 5.59. The van der Waals surface area contributed by atoms with Gasteiger partial charge in [-0.3, -0.25) is 0 Å². The molecular formula is C23H21F6N7O. The Hall–Kier alpha value is -3.32. The monoisotopic (exact) mass is 525 g/mol. The van der Waals surface area contributed by atoms with Crippen LogP contribution in [0.5, 0.6) is 0 Å². The first-order valence-corrected chi connectivity index (χ1v) is 12.1. The molecular weight excluding hydrogens is 504 g/mol. The largest absolute Gasteiger partial charge is 0.393 e. The highest BCUT2D eigenvalue weighted by Gasteiger charge is 2.73. The van der Waals surface area contributed by atoms with Crippen molar-refractivity contribution in [3.05, 3.63) is 46.8 Å². The number of benzene rings is 1. The molecule has 4 aliphatic rings. The average Bonchev–Trinajstić information content (AvgIpc) is 3.11. The maximum Gasteiger partial charge on any atom is 0.393 e. The zero-order chi connectivity index (χ0) is 25.9. The van der Waals surface area contributed by atoms with Gasteiger partial charge in [0.15, 0.2) is 23.3 Å². The van der Waals surface area contributed by atoms with Crippen LogP contribution in [0.3, 0.4) is 0 Å². The van der Waals surface area contributed by atoms with Crippen molar-refractivity contribution in [2.24, 2.45) is 11.8 Å². The van der Waals surface area contributed by atoms with Gasteiger partial charge in [0.2, 0.25) is 5.95 Å². The molecule has 0 amide bonds. The van der Waals surface area contributed by atoms with Crippen molar-refractivity contribution >= 4 is 12.0 Å². The van der Waals surface area contributed by atoms with Gasteiger partial charge >= 0.3 is 12.2 Å². The molecule has 1 aliphatic carbocycles. The average molecular weight is 525 g/mol. The number of nitrogens with zero attached hydrogens (tertiary/aromatic N) is 7. The second-order valence-electron chi connectivity index (χ2n) is 10.5. The first-order valence-electron chi connectivity index (χ1n) is 12.1. The predicted octanol–water partition coefficient (Wildman–Crippen LogP) is 3.96. The molecule has 7 rings (SSSR count). The molecule has 1 aromatic carbocycles. The second-order valence-corrected chi connectivity index (χ2v) is 10.5. The summed E-state index contributed by atoms with van der Waals surface area (Å²) in [5, 5.41) is 8.29. The number of fused-ring (bicyclic) bond motifs is 1. The zero-order valence-corrected chi connectivity index (χ0v) is 19.5. The topological polar surface area (TPSA) is 75.9 Å². The standard InChI is InChI=1S/C23H21F6N7O/c1-10-30-21(37-33-10)34-7-11-4-5-22(9-34)18(11)36(22)20-31-19-14(13-2-3-15(24)17(26)16(13)25)6-12(23(27,28)29)8-35(19)32-20/h2-3,11-12,14,18H,4-9H2,1H3/t11-,12?,14?,18-,22-,36?/m0/s1. The summed E-state index contributed by atoms with van der Waals surface area (Å²) in [5.41, 5.74) is -0.677. The lowest BCUT2D eigenvalue weighted by atomic mass is 9.84. The highest BCUT2D eigenvalue weighted by atomic mass is 19.4. The number of aryl methyl sites for hydroxylation is 1. The number of anilines is 2. The van der Waals surface area contributed by atoms with Gasteiger partial charge < -0.3 is 14.3 Å². The summed E-state index contributed by atoms with van der Waals surface area (Å²) in [6.45, 7) is 2.52. The summed E-state index contributed by atoms with van der Waals surface area (Å²) < 4.78 is 90.2. The summed E-state index contributed by atoms with van der Waals surface area (Å²) in [6, 6.07) is 2.25. The van der Waals surface area contributed by atoms with E-state index in [0.29, 0.717) is 24.9 Å². The Kier molecular flexibility index (Phi) is 4.55. The van der Waals surface area contributed by atoms with Gasteiger partial charge in [0, 0.05) is 24.6 Å². The molecule has 3 aliphatic heterocycles. The third-order valence-electron chi connectivity index (χ3n) is 8.38. The van der Waals surface area contributed by atoms with Crippen LogP contribution in [-0.2, 0) is 6.54 Å². The minimum absolute atomic E-state index is 0.112. The van der Waals surface area contributed by atoms with E-state index < -0.39 is 48.4 Å². The van der Waals surface area contributed by atoms with Crippen LogP contribution in [0.2, 0.25) is 0 Å². The number of hydrogen-bond acceptors (Lipinski definition) is 7. The number of aromatic nitrogens is 5. The van der Waals surface area contributed by atoms with Gasteiger partial charge in [0.1, 0.15) is 5.82 Å². The Balaban J connectivity index is 1.25. The molecule has 1 saturated carbocycles. The normalized spacial score (nSPS) is 30.5. The molecule has 0 radical (unpaired) electrons. The number of piperidine rings is 2. The molecule has 2 bridgehead atoms. The van der Waals surface area contributed by atoms with E-state index in [1.54, 1.807) is 6.92 Å². The van der Waals surface area contributed by atoms with Crippen LogP contribution in [0.1, 0.15) is 42.4 Å². The summed E-state index contributed by atoms with van der Waals surface area (Å²) in [4.78, 5) is 12.9. The summed E-state index contributed by atoms with van der Waals surface area (Å²) in [6.07, 6.45) is -3.30. The zero-order valence-electron chi connectivity index (χ0n) is 19.5. The van der Waals surface area contributed by atoms with E-state index in [1.807, 2.05) is 9.80 Å². The van der Waals surface area contributed by atoms with Crippen LogP contribution in [0.4, 0.5) is 38.3 Å². The third kappa shape index (κ3) is 3.22. The van der Waals surface area contributed by atoms with Crippen LogP contribution in [0, 0.1) is 36.2 Å². The molecule has 5 atom stereocenters. The van der Waals surface area contributed by atoms with Crippen molar-refractivity contribution in [2.45, 2.75) is 56.4 Å². The first-order chi connectivity index (χ1) is 17.6. The van der Waals surface area contributed by atoms with Crippen LogP contribution >= 0.6 is 0 Å². The van der Waals surface area contributed by atoms with Gasteiger partial charge in [-0.25, -0.2) is 17.9 Å². The fourth-order valence-electron chi connectivity index (χ4n) is 6.73. The SMILES string of the molecule is Cc1noc(N2C[C@@H]3CC[C@]4(C2)[C@H]3N4c2nc3n(n2)CC(C(F)(F)F)CC3c2ccc(F)c(F)c2F)n1. The molecule has 3 fully saturated rings. The lowest BCUT2D eigenvalue weighted by molar-refractivity contribution is -0.184. The van der Waals surface area contributed by atoms with Crippen LogP contribution in [0.25, 0.3) is 0 Å². The van der Waals surface area contributed by atoms with Gasteiger partial charge in [0.05, 0.1) is 24.0 Å². The van der Waals surface area contributed by atoms with E-state index in [4.69, 9.17) is 4.52 Å². The molecule has 8 nitrogen and oxygen atoms in total. The Bertz CT molecular complexity index is 1400. The molecule has 37 heavy (non-hydrogen) atoms. The van der Waals surface area contributed by atoms with E-state index in [-0.39, 0.29) is 34.8 Å². The van der Waals surface area contributed by atoms with Gasteiger partial charge in [-0.15, -0.1) is 5.10 Å². The van der Waals surface area contributed by atoms with Crippen molar-refractivity contribution in [3.8, 4) is 0 Å². The summed E-state index contributed by atoms with van der Waals surface area (Å²) in [7, 11) is 0. The summed E-state index contributed by atoms with van der Waals surface area (Å²) in [5.74, 6) is -6.55. The lowest BCUT2D eigenvalue weighted by Gasteiger charge is -2.30. The van der Waals surface area contributed by atoms with Crippen molar-refractivity contribution in [3.63, 3.8) is 0 Å². The molecule has 2 saturated heterocycles. The molecule has 14 heteroatoms. The highest BCUT2D eigenvalue weighted by Crippen LogP contribution is 2.60. The number of alkyl halides is 3. The van der Waals surface area contributed by atoms with Crippen molar-refractivity contribution in [1.29, 1.82) is 0 Å². The molecule has 196 valence electrons. The van der Waals surface area contributed by atoms with Crippen molar-refractivity contribution < 1.29 is 30.9 Å². The summed E-state index contributed by atoms with van der Waals surface area (Å²) >= 11 is 0. The van der Waals surface area contributed by atoms with Gasteiger partial charge in [0.25, 0.3) is 0 Å². The fraction of sp³-hybridized carbons (Fsp3) is 0.565. The second kappa shape index (κ2) is 7.38. The molecule has 3 aromatic rings. The first kappa shape index (κ1) is 22.8. The Morgan fingerprint density at radius 2 is 1.89 bits per heavy atom. The number of halogens is 6. The minimum atomic E-state index is -4.58. The number of hydrogen-bond donors (Lipinski definition) is 0. The van der Waals surface area contributed by atoms with Gasteiger partial charge in [-0.1, -0.05) is 11.2 Å². The van der Waals surface area contributed by atoms with Crippen molar-refractivity contribution in [2.75, 3.05) is 22.9 Å². The lowest BCUT2D eigenvalue weighted by Crippen LogP contribution is -2.42. The minimum Gasteiger partial charge on any atom is -0.324 e. The molecule has 2 aromatic heterocycles. The van der Waals surface area contributed by atoms with Gasteiger partial charge in [-0.05, 0) is 38.2 Å². The van der Waals surface area contributed by atoms with Crippen LogP contribution in [0.15, 0.2) is 16.7 Å². The Morgan fingerprint density at radius 3 is 2.62 bits per heavy atom. The van der Waals surface area contributed by atoms with E-state index in [2.05, 4.69) is 20.2 Å². The third-order valence-corrected chi connectivity index (χ3v) is 8.38. The maximum absolute atomic E-state index is 14.7. The van der Waals surface area contributed by atoms with Crippen LogP contribution in [-0.4, -0.2) is 55.8 Å². The van der Waals surface area contributed by atoms with Crippen molar-refractivity contribution in [1.82, 2.24) is 24.9 Å². The molecule has 2 unspecified atom stereocenters. The Labute approximate surface area is 206 Å². The smallest absolute Gasteiger partial charge is 0.324 e.